The van der Waals surface area contributed by atoms with Gasteiger partial charge >= 0.3 is 6.09 Å². The van der Waals surface area contributed by atoms with E-state index >= 15 is 0 Å². The molecule has 5 heteroatoms. The van der Waals surface area contributed by atoms with Gasteiger partial charge in [-0.2, -0.15) is 0 Å². The normalized spacial score (nSPS) is 11.5. The quantitative estimate of drug-likeness (QED) is 0.888. The average molecular weight is 344 g/mol. The van der Waals surface area contributed by atoms with Gasteiger partial charge in [0.05, 0.1) is 7.11 Å². The van der Waals surface area contributed by atoms with Gasteiger partial charge < -0.3 is 15.4 Å². The van der Waals surface area contributed by atoms with Gasteiger partial charge in [0.1, 0.15) is 6.04 Å². The van der Waals surface area contributed by atoms with Crippen molar-refractivity contribution in [3.8, 4) is 0 Å². The third kappa shape index (κ3) is 7.25. The Kier molecular flexibility index (Phi) is 8.47. The molecule has 0 radical (unpaired) electrons. The number of benzene rings is 2. The summed E-state index contributed by atoms with van der Waals surface area (Å²) in [6.07, 6.45) is -0.590. The van der Waals surface area contributed by atoms with Crippen LogP contribution in [0.4, 0.5) is 4.79 Å². The van der Waals surface area contributed by atoms with Crippen LogP contribution in [0.5, 0.6) is 0 Å². The lowest BCUT2D eigenvalue weighted by Gasteiger charge is -2.22. The molecule has 0 aliphatic rings. The lowest BCUT2D eigenvalue weighted by molar-refractivity contribution is -0.124. The second-order valence-electron chi connectivity index (χ2n) is 6.37. The molecule has 2 N–H and O–H groups in total. The number of ether oxygens (including phenoxy) is 1. The van der Waals surface area contributed by atoms with Crippen molar-refractivity contribution in [2.45, 2.75) is 39.8 Å². The maximum Gasteiger partial charge on any atom is 0.407 e. The van der Waals surface area contributed by atoms with Crippen molar-refractivity contribution in [2.75, 3.05) is 7.11 Å². The number of amides is 2. The summed E-state index contributed by atoms with van der Waals surface area (Å²) in [4.78, 5) is 22.7. The summed E-state index contributed by atoms with van der Waals surface area (Å²) in [7, 11) is 1.27. The molecule has 0 fully saturated rings. The van der Waals surface area contributed by atoms with Crippen LogP contribution in [-0.4, -0.2) is 31.2 Å². The van der Waals surface area contributed by atoms with E-state index in [0.717, 1.165) is 0 Å². The number of methoxy groups -OCH3 is 1. The number of alkyl carbamates (subject to hydrolysis) is 1. The molecule has 5 nitrogen and oxygen atoms in total. The summed E-state index contributed by atoms with van der Waals surface area (Å²) in [6.45, 7) is 7.46. The summed E-state index contributed by atoms with van der Waals surface area (Å²) >= 11 is 0. The number of hydrogen-bond acceptors (Lipinski definition) is 3. The Labute approximate surface area is 149 Å². The molecule has 0 saturated carbocycles. The molecule has 0 spiro atoms. The highest BCUT2D eigenvalue weighted by Crippen LogP contribution is 2.11. The monoisotopic (exact) mass is 344 g/mol. The SMILES string of the molecule is COC(=O)NC(C(=O)NC(C)C)C(C)C.c1ccc2ccccc2c1. The molecule has 0 saturated heterocycles. The first-order chi connectivity index (χ1) is 11.8. The van der Waals surface area contributed by atoms with Crippen LogP contribution < -0.4 is 10.6 Å². The molecule has 25 heavy (non-hydrogen) atoms. The highest BCUT2D eigenvalue weighted by atomic mass is 16.5. The number of hydrogen-bond donors (Lipinski definition) is 2. The van der Waals surface area contributed by atoms with Crippen LogP contribution in [0.25, 0.3) is 10.8 Å². The van der Waals surface area contributed by atoms with Crippen molar-refractivity contribution in [2.24, 2.45) is 5.92 Å². The van der Waals surface area contributed by atoms with E-state index in [4.69, 9.17) is 0 Å². The lowest BCUT2D eigenvalue weighted by Crippen LogP contribution is -2.51. The minimum atomic E-state index is -0.590. The van der Waals surface area contributed by atoms with E-state index < -0.39 is 12.1 Å². The molecule has 2 aromatic carbocycles. The highest BCUT2D eigenvalue weighted by molar-refractivity contribution is 5.86. The third-order valence-electron chi connectivity index (χ3n) is 3.50. The van der Waals surface area contributed by atoms with E-state index in [1.807, 2.05) is 27.7 Å². The maximum atomic E-state index is 11.7. The fourth-order valence-electron chi connectivity index (χ4n) is 2.23. The maximum absolute atomic E-state index is 11.7. The zero-order valence-electron chi connectivity index (χ0n) is 15.6. The zero-order valence-corrected chi connectivity index (χ0v) is 15.6. The first-order valence-corrected chi connectivity index (χ1v) is 8.43. The molecular formula is C20H28N2O3. The Bertz CT molecular complexity index is 618. The van der Waals surface area contributed by atoms with Crippen LogP contribution in [0.1, 0.15) is 27.7 Å². The van der Waals surface area contributed by atoms with Gasteiger partial charge in [-0.1, -0.05) is 62.4 Å². The van der Waals surface area contributed by atoms with Crippen molar-refractivity contribution in [3.63, 3.8) is 0 Å². The number of carbonyl (C=O) groups is 2. The van der Waals surface area contributed by atoms with Gasteiger partial charge in [-0.25, -0.2) is 4.79 Å². The Morgan fingerprint density at radius 2 is 1.28 bits per heavy atom. The van der Waals surface area contributed by atoms with Gasteiger partial charge in [-0.3, -0.25) is 4.79 Å². The predicted molar refractivity (Wildman–Crippen MR) is 101 cm³/mol. The van der Waals surface area contributed by atoms with Gasteiger partial charge in [-0.05, 0) is 30.5 Å². The first kappa shape index (κ1) is 20.5. The van der Waals surface area contributed by atoms with Crippen molar-refractivity contribution >= 4 is 22.8 Å². The fourth-order valence-corrected chi connectivity index (χ4v) is 2.23. The largest absolute Gasteiger partial charge is 0.453 e. The Morgan fingerprint density at radius 3 is 1.60 bits per heavy atom. The summed E-state index contributed by atoms with van der Waals surface area (Å²) in [5.74, 6) is -0.173. The van der Waals surface area contributed by atoms with E-state index in [1.165, 1.54) is 17.9 Å². The van der Waals surface area contributed by atoms with E-state index in [1.54, 1.807) is 0 Å². The van der Waals surface area contributed by atoms with Gasteiger partial charge in [0.25, 0.3) is 0 Å². The molecule has 0 aliphatic carbocycles. The minimum absolute atomic E-state index is 0.0165. The topological polar surface area (TPSA) is 67.4 Å². The average Bonchev–Trinajstić information content (AvgIpc) is 2.59. The van der Waals surface area contributed by atoms with Gasteiger partial charge in [0.2, 0.25) is 5.91 Å². The minimum Gasteiger partial charge on any atom is -0.453 e. The van der Waals surface area contributed by atoms with Gasteiger partial charge in [0.15, 0.2) is 0 Å². The molecule has 0 heterocycles. The van der Waals surface area contributed by atoms with E-state index in [9.17, 15) is 9.59 Å². The molecule has 1 atom stereocenters. The first-order valence-electron chi connectivity index (χ1n) is 8.43. The van der Waals surface area contributed by atoms with Crippen molar-refractivity contribution in [1.82, 2.24) is 10.6 Å². The van der Waals surface area contributed by atoms with Crippen LogP contribution in [0, 0.1) is 5.92 Å². The highest BCUT2D eigenvalue weighted by Gasteiger charge is 2.24. The fraction of sp³-hybridized carbons (Fsp3) is 0.400. The molecule has 2 amide bonds. The van der Waals surface area contributed by atoms with E-state index in [0.29, 0.717) is 0 Å². The standard InChI is InChI=1S/C10H20N2O3.C10H8/c1-6(2)8(12-10(14)15-5)9(13)11-7(3)4;1-2-6-10-8-4-3-7-9(10)5-1/h6-8H,1-5H3,(H,11,13)(H,12,14);1-8H. The Hall–Kier alpha value is -2.56. The second kappa shape index (κ2) is 10.3. The molecule has 2 aromatic rings. The molecular weight excluding hydrogens is 316 g/mol. The number of carbonyl (C=O) groups excluding carboxylic acids is 2. The molecule has 0 aliphatic heterocycles. The van der Waals surface area contributed by atoms with Crippen molar-refractivity contribution in [3.05, 3.63) is 48.5 Å². The van der Waals surface area contributed by atoms with Gasteiger partial charge in [-0.15, -0.1) is 0 Å². The zero-order chi connectivity index (χ0) is 18.8. The van der Waals surface area contributed by atoms with E-state index in [-0.39, 0.29) is 17.9 Å². The summed E-state index contributed by atoms with van der Waals surface area (Å²) < 4.78 is 4.46. The van der Waals surface area contributed by atoms with Crippen LogP contribution in [-0.2, 0) is 9.53 Å². The van der Waals surface area contributed by atoms with Crippen LogP contribution in [0.15, 0.2) is 48.5 Å². The molecule has 0 aromatic heterocycles. The molecule has 136 valence electrons. The summed E-state index contributed by atoms with van der Waals surface area (Å²) in [5.41, 5.74) is 0. The van der Waals surface area contributed by atoms with Crippen LogP contribution in [0.2, 0.25) is 0 Å². The smallest absolute Gasteiger partial charge is 0.407 e. The number of nitrogens with one attached hydrogen (secondary N) is 2. The number of fused-ring (bicyclic) bond motifs is 1. The second-order valence-corrected chi connectivity index (χ2v) is 6.37. The molecule has 1 unspecified atom stereocenters. The van der Waals surface area contributed by atoms with Crippen LogP contribution in [0.3, 0.4) is 0 Å². The van der Waals surface area contributed by atoms with Gasteiger partial charge in [0, 0.05) is 6.04 Å². The van der Waals surface area contributed by atoms with Crippen molar-refractivity contribution in [1.29, 1.82) is 0 Å². The summed E-state index contributed by atoms with van der Waals surface area (Å²) in [6, 6.07) is 16.2. The lowest BCUT2D eigenvalue weighted by atomic mass is 10.0. The molecule has 2 rings (SSSR count). The molecule has 0 bridgehead atoms. The number of rotatable bonds is 4. The third-order valence-corrected chi connectivity index (χ3v) is 3.50. The summed E-state index contributed by atoms with van der Waals surface area (Å²) in [5, 5.41) is 7.86. The van der Waals surface area contributed by atoms with E-state index in [2.05, 4.69) is 63.9 Å². The van der Waals surface area contributed by atoms with Crippen molar-refractivity contribution < 1.29 is 14.3 Å². The Morgan fingerprint density at radius 1 is 0.840 bits per heavy atom. The van der Waals surface area contributed by atoms with Crippen LogP contribution >= 0.6 is 0 Å². The predicted octanol–water partition coefficient (Wildman–Crippen LogP) is 3.73. The Balaban J connectivity index is 0.000000267.